The normalized spacial score (nSPS) is 12.9. The van der Waals surface area contributed by atoms with Gasteiger partial charge >= 0.3 is 0 Å². The van der Waals surface area contributed by atoms with Gasteiger partial charge in [0.05, 0.1) is 5.70 Å². The van der Waals surface area contributed by atoms with E-state index < -0.39 is 0 Å². The molecule has 77 valence electrons. The van der Waals surface area contributed by atoms with Crippen molar-refractivity contribution >= 4 is 11.9 Å². The summed E-state index contributed by atoms with van der Waals surface area (Å²) in [4.78, 5) is 0. The van der Waals surface area contributed by atoms with E-state index in [2.05, 4.69) is 54.7 Å². The van der Waals surface area contributed by atoms with Crippen LogP contribution in [0.2, 0.25) is 0 Å². The van der Waals surface area contributed by atoms with Crippen LogP contribution < -0.4 is 15.8 Å². The summed E-state index contributed by atoms with van der Waals surface area (Å²) < 4.78 is 0. The Morgan fingerprint density at radius 3 is 2.44 bits per heavy atom. The summed E-state index contributed by atoms with van der Waals surface area (Å²) in [5.41, 5.74) is 3.54. The first kappa shape index (κ1) is 9.22. The lowest BCUT2D eigenvalue weighted by Gasteiger charge is -2.02. The first-order chi connectivity index (χ1) is 7.84. The van der Waals surface area contributed by atoms with Gasteiger partial charge in [0.25, 0.3) is 0 Å². The highest BCUT2D eigenvalue weighted by atomic mass is 14.9. The van der Waals surface area contributed by atoms with E-state index in [0.29, 0.717) is 0 Å². The van der Waals surface area contributed by atoms with E-state index in [-0.39, 0.29) is 0 Å². The first-order valence-corrected chi connectivity index (χ1v) is 5.42. The molecule has 0 aromatic heterocycles. The second-order valence-electron chi connectivity index (χ2n) is 4.06. The first-order valence-electron chi connectivity index (χ1n) is 5.42. The lowest BCUT2D eigenvalue weighted by Crippen LogP contribution is -2.22. The fourth-order valence-electron chi connectivity index (χ4n) is 1.97. The predicted molar refractivity (Wildman–Crippen MR) is 66.0 cm³/mol. The molecule has 0 spiro atoms. The molecule has 0 saturated heterocycles. The van der Waals surface area contributed by atoms with Crippen LogP contribution in [0.4, 0.5) is 0 Å². The van der Waals surface area contributed by atoms with Crippen molar-refractivity contribution < 1.29 is 0 Å². The zero-order chi connectivity index (χ0) is 11.0. The van der Waals surface area contributed by atoms with Gasteiger partial charge in [0.2, 0.25) is 0 Å². The lowest BCUT2D eigenvalue weighted by molar-refractivity contribution is 1.28. The van der Waals surface area contributed by atoms with E-state index in [1.165, 1.54) is 21.6 Å². The summed E-state index contributed by atoms with van der Waals surface area (Å²) in [6.07, 6.45) is 1.94. The van der Waals surface area contributed by atoms with Gasteiger partial charge in [0.15, 0.2) is 0 Å². The van der Waals surface area contributed by atoms with E-state index in [1.54, 1.807) is 0 Å². The van der Waals surface area contributed by atoms with Crippen LogP contribution in [0.3, 0.4) is 0 Å². The van der Waals surface area contributed by atoms with Crippen molar-refractivity contribution in [1.29, 1.82) is 0 Å². The molecule has 1 radical (unpaired) electrons. The maximum absolute atomic E-state index is 4.50. The summed E-state index contributed by atoms with van der Waals surface area (Å²) in [5, 5.41) is 6.93. The maximum Gasteiger partial charge on any atom is 0.0781 e. The Kier molecular flexibility index (Phi) is 2.03. The topological polar surface area (TPSA) is 14.1 Å². The molecule has 2 aromatic rings. The molecular weight excluding hydrogens is 194 g/mol. The summed E-state index contributed by atoms with van der Waals surface area (Å²) in [6, 6.07) is 16.8. The molecule has 0 unspecified atom stereocenters. The number of benzene rings is 2. The Morgan fingerprint density at radius 1 is 0.875 bits per heavy atom. The van der Waals surface area contributed by atoms with Crippen LogP contribution in [0.5, 0.6) is 0 Å². The van der Waals surface area contributed by atoms with E-state index in [4.69, 9.17) is 0 Å². The molecule has 0 saturated carbocycles. The number of hydrogen-bond acceptors (Lipinski definition) is 0. The van der Waals surface area contributed by atoms with Gasteiger partial charge in [-0.1, -0.05) is 54.1 Å². The molecule has 3 rings (SSSR count). The molecule has 2 aromatic carbocycles. The van der Waals surface area contributed by atoms with Gasteiger partial charge in [0.1, 0.15) is 0 Å². The van der Waals surface area contributed by atoms with Crippen LogP contribution in [0.15, 0.2) is 48.5 Å². The van der Waals surface area contributed by atoms with Crippen molar-refractivity contribution in [3.8, 4) is 0 Å². The molecule has 1 aliphatic rings. The standard InChI is InChI=1S/C15H12N/c1-11-6-8-12(9-7-11)15-14-5-3-2-4-13(14)10-16-15/h2-10H,1H3. The quantitative estimate of drug-likeness (QED) is 0.671. The Morgan fingerprint density at radius 2 is 1.62 bits per heavy atom. The smallest absolute Gasteiger partial charge is 0.0781 e. The fourth-order valence-corrected chi connectivity index (χ4v) is 1.97. The number of fused-ring (bicyclic) bond motifs is 1. The van der Waals surface area contributed by atoms with Gasteiger partial charge in [-0.2, -0.15) is 0 Å². The lowest BCUT2D eigenvalue weighted by atomic mass is 10.1. The van der Waals surface area contributed by atoms with Crippen molar-refractivity contribution in [2.45, 2.75) is 6.92 Å². The van der Waals surface area contributed by atoms with Gasteiger partial charge in [-0.05, 0) is 6.92 Å². The largest absolute Gasteiger partial charge is 0.255 e. The SMILES string of the molecule is Cc1ccc(C2=c3ccccc3=C[N]2)cc1. The fraction of sp³-hybridized carbons (Fsp3) is 0.0667. The van der Waals surface area contributed by atoms with Crippen LogP contribution in [0.1, 0.15) is 11.1 Å². The summed E-state index contributed by atoms with van der Waals surface area (Å²) in [6.45, 7) is 2.10. The monoisotopic (exact) mass is 206 g/mol. The molecule has 0 amide bonds. The van der Waals surface area contributed by atoms with Crippen LogP contribution in [-0.2, 0) is 0 Å². The van der Waals surface area contributed by atoms with Crippen LogP contribution in [0, 0.1) is 6.92 Å². The predicted octanol–water partition coefficient (Wildman–Crippen LogP) is 1.51. The van der Waals surface area contributed by atoms with E-state index >= 15 is 0 Å². The van der Waals surface area contributed by atoms with Crippen molar-refractivity contribution in [2.24, 2.45) is 0 Å². The third kappa shape index (κ3) is 1.41. The van der Waals surface area contributed by atoms with E-state index in [0.717, 1.165) is 5.70 Å². The third-order valence-corrected chi connectivity index (χ3v) is 2.87. The average molecular weight is 206 g/mol. The maximum atomic E-state index is 4.50. The minimum atomic E-state index is 1.08. The summed E-state index contributed by atoms with van der Waals surface area (Å²) in [5.74, 6) is 0. The highest BCUT2D eigenvalue weighted by molar-refractivity contribution is 5.70. The summed E-state index contributed by atoms with van der Waals surface area (Å²) in [7, 11) is 0. The van der Waals surface area contributed by atoms with E-state index in [9.17, 15) is 0 Å². The highest BCUT2D eigenvalue weighted by Crippen LogP contribution is 2.12. The average Bonchev–Trinajstić information content (AvgIpc) is 2.74. The zero-order valence-electron chi connectivity index (χ0n) is 9.14. The molecule has 0 atom stereocenters. The Bertz CT molecular complexity index is 636. The van der Waals surface area contributed by atoms with E-state index in [1.807, 2.05) is 12.3 Å². The molecular formula is C15H12N. The van der Waals surface area contributed by atoms with Crippen molar-refractivity contribution in [2.75, 3.05) is 0 Å². The van der Waals surface area contributed by atoms with Gasteiger partial charge < -0.3 is 0 Å². The number of hydrogen-bond donors (Lipinski definition) is 0. The van der Waals surface area contributed by atoms with Crippen LogP contribution in [-0.4, -0.2) is 0 Å². The molecule has 0 N–H and O–H groups in total. The molecule has 16 heavy (non-hydrogen) atoms. The molecule has 1 nitrogen and oxygen atoms in total. The molecule has 0 bridgehead atoms. The molecule has 1 aliphatic heterocycles. The van der Waals surface area contributed by atoms with Crippen molar-refractivity contribution in [3.63, 3.8) is 0 Å². The molecule has 0 aliphatic carbocycles. The molecule has 1 heteroatoms. The minimum absolute atomic E-state index is 1.08. The van der Waals surface area contributed by atoms with Crippen LogP contribution in [0.25, 0.3) is 11.9 Å². The minimum Gasteiger partial charge on any atom is -0.255 e. The van der Waals surface area contributed by atoms with Gasteiger partial charge in [-0.3, -0.25) is 5.32 Å². The van der Waals surface area contributed by atoms with Gasteiger partial charge in [0, 0.05) is 22.2 Å². The second-order valence-corrected chi connectivity index (χ2v) is 4.06. The molecule has 0 fully saturated rings. The van der Waals surface area contributed by atoms with Gasteiger partial charge in [-0.25, -0.2) is 0 Å². The van der Waals surface area contributed by atoms with Crippen molar-refractivity contribution in [3.05, 3.63) is 70.1 Å². The number of aryl methyl sites for hydroxylation is 1. The van der Waals surface area contributed by atoms with Crippen LogP contribution >= 0.6 is 0 Å². The highest BCUT2D eigenvalue weighted by Gasteiger charge is 2.07. The summed E-state index contributed by atoms with van der Waals surface area (Å²) >= 11 is 0. The van der Waals surface area contributed by atoms with Crippen molar-refractivity contribution in [1.82, 2.24) is 5.32 Å². The Labute approximate surface area is 94.7 Å². The van der Waals surface area contributed by atoms with Gasteiger partial charge in [-0.15, -0.1) is 0 Å². The number of nitrogens with zero attached hydrogens (tertiary/aromatic N) is 1. The Hall–Kier alpha value is -2.02. The third-order valence-electron chi connectivity index (χ3n) is 2.87. The molecule has 1 heterocycles. The number of rotatable bonds is 1. The zero-order valence-corrected chi connectivity index (χ0v) is 9.14. The second kappa shape index (κ2) is 3.53. The Balaban J connectivity index is 2.24.